The Kier molecular flexibility index (Phi) is 8.57. The predicted molar refractivity (Wildman–Crippen MR) is 298 cm³/mol. The maximum absolute atomic E-state index is 6.96. The second-order valence-corrected chi connectivity index (χ2v) is 19.4. The Labute approximate surface area is 422 Å². The van der Waals surface area contributed by atoms with Gasteiger partial charge in [0, 0.05) is 38.5 Å². The third kappa shape index (κ3) is 6.06. The van der Waals surface area contributed by atoms with Crippen LogP contribution in [0.4, 0.5) is 0 Å². The van der Waals surface area contributed by atoms with Crippen LogP contribution in [0.25, 0.3) is 72.0 Å². The van der Waals surface area contributed by atoms with Crippen LogP contribution < -0.4 is 51.7 Å². The molecule has 0 N–H and O–H groups in total. The molecule has 0 spiro atoms. The van der Waals surface area contributed by atoms with Crippen LogP contribution in [0.3, 0.4) is 0 Å². The van der Waals surface area contributed by atoms with Crippen molar-refractivity contribution in [2.45, 2.75) is 0 Å². The second-order valence-electron chi connectivity index (χ2n) is 19.4. The van der Waals surface area contributed by atoms with Crippen molar-refractivity contribution in [1.29, 1.82) is 0 Å². The largest absolute Gasteiger partial charge is 0.458 e. The van der Waals surface area contributed by atoms with Crippen molar-refractivity contribution < 1.29 is 18.9 Å². The summed E-state index contributed by atoms with van der Waals surface area (Å²) >= 11 is 0. The number of hydrogen-bond donors (Lipinski definition) is 0. The highest BCUT2D eigenvalue weighted by Crippen LogP contribution is 2.49. The molecule has 0 bridgehead atoms. The zero-order valence-corrected chi connectivity index (χ0v) is 39.3. The van der Waals surface area contributed by atoms with Crippen LogP contribution >= 0.6 is 0 Å². The number of nitrogens with zero attached hydrogens (tertiary/aromatic N) is 1. The molecule has 338 valence electrons. The Hall–Kier alpha value is -9.45. The molecule has 1 aromatic heterocycles. The Morgan fingerprint density at radius 1 is 0.260 bits per heavy atom. The number of fused-ring (bicyclic) bond motifs is 11. The van der Waals surface area contributed by atoms with Gasteiger partial charge in [-0.3, -0.25) is 0 Å². The summed E-state index contributed by atoms with van der Waals surface area (Å²) in [4.78, 5) is 0. The quantitative estimate of drug-likeness (QED) is 0.161. The van der Waals surface area contributed by atoms with Crippen molar-refractivity contribution >= 4 is 68.0 Å². The Bertz CT molecular complexity index is 3890. The fourth-order valence-corrected chi connectivity index (χ4v) is 12.2. The lowest BCUT2D eigenvalue weighted by Crippen LogP contribution is -2.57. The number of hydrogen-bond acceptors (Lipinski definition) is 4. The van der Waals surface area contributed by atoms with Gasteiger partial charge in [0.25, 0.3) is 13.4 Å². The van der Waals surface area contributed by atoms with Gasteiger partial charge in [-0.2, -0.15) is 0 Å². The maximum Gasteiger partial charge on any atom is 0.260 e. The van der Waals surface area contributed by atoms with Crippen LogP contribution in [-0.4, -0.2) is 18.0 Å². The molecular formula is C66H39B2NO4. The number of ether oxygens (including phenoxy) is 4. The molecule has 0 amide bonds. The van der Waals surface area contributed by atoms with Crippen molar-refractivity contribution in [3.8, 4) is 96.2 Å². The number of rotatable bonds is 5. The van der Waals surface area contributed by atoms with Crippen molar-refractivity contribution in [2.24, 2.45) is 0 Å². The van der Waals surface area contributed by atoms with E-state index in [1.54, 1.807) is 0 Å². The van der Waals surface area contributed by atoms with Gasteiger partial charge in [-0.1, -0.05) is 152 Å². The van der Waals surface area contributed by atoms with E-state index in [2.05, 4.69) is 241 Å². The first-order valence-electron chi connectivity index (χ1n) is 24.9. The van der Waals surface area contributed by atoms with E-state index in [9.17, 15) is 0 Å². The van der Waals surface area contributed by atoms with Crippen molar-refractivity contribution in [2.75, 3.05) is 0 Å². The van der Waals surface area contributed by atoms with Crippen LogP contribution in [0.1, 0.15) is 0 Å². The summed E-state index contributed by atoms with van der Waals surface area (Å²) in [6.45, 7) is -0.0715. The van der Waals surface area contributed by atoms with E-state index in [-0.39, 0.29) is 13.4 Å². The summed E-state index contributed by atoms with van der Waals surface area (Å²) < 4.78 is 30.3. The molecule has 0 atom stereocenters. The molecule has 4 aliphatic rings. The third-order valence-corrected chi connectivity index (χ3v) is 15.4. The van der Waals surface area contributed by atoms with E-state index >= 15 is 0 Å². The molecule has 73 heavy (non-hydrogen) atoms. The van der Waals surface area contributed by atoms with E-state index in [0.717, 1.165) is 151 Å². The number of benzene rings is 11. The SMILES string of the molecule is c1ccc(-c2cc(-c3cc4c5c(c3)Oc3ccccc3B5c3ccccc3O4)c3c(c2)c2cc(-c4ccccc4)cc(-c4cc5c6c(c4)Oc4ccccc4B6c4ccccc4O5)c2n3-c2ccccc2)cc1. The highest BCUT2D eigenvalue weighted by Gasteiger charge is 2.42. The van der Waals surface area contributed by atoms with Gasteiger partial charge in [0.1, 0.15) is 46.0 Å². The van der Waals surface area contributed by atoms with Crippen LogP contribution in [0.2, 0.25) is 0 Å². The first-order valence-corrected chi connectivity index (χ1v) is 24.9. The third-order valence-electron chi connectivity index (χ3n) is 15.4. The summed E-state index contributed by atoms with van der Waals surface area (Å²) in [6, 6.07) is 84.3. The molecule has 4 aliphatic heterocycles. The molecule has 0 saturated heterocycles. The average molecular weight is 932 g/mol. The molecule has 5 heterocycles. The number of para-hydroxylation sites is 5. The molecule has 0 radical (unpaired) electrons. The summed E-state index contributed by atoms with van der Waals surface area (Å²) in [5, 5.41) is 2.23. The van der Waals surface area contributed by atoms with E-state index in [1.165, 1.54) is 0 Å². The maximum atomic E-state index is 6.96. The minimum absolute atomic E-state index is 0.0357. The van der Waals surface area contributed by atoms with Crippen LogP contribution in [-0.2, 0) is 0 Å². The van der Waals surface area contributed by atoms with Crippen LogP contribution in [0.15, 0.2) is 237 Å². The fourth-order valence-electron chi connectivity index (χ4n) is 12.2. The molecule has 0 saturated carbocycles. The Morgan fingerprint density at radius 2 is 0.575 bits per heavy atom. The van der Waals surface area contributed by atoms with Crippen LogP contribution in [0.5, 0.6) is 46.0 Å². The summed E-state index contributed by atoms with van der Waals surface area (Å²) in [5.41, 5.74) is 18.3. The topological polar surface area (TPSA) is 41.9 Å². The zero-order chi connectivity index (χ0) is 47.7. The van der Waals surface area contributed by atoms with E-state index in [4.69, 9.17) is 18.9 Å². The lowest BCUT2D eigenvalue weighted by atomic mass is 9.35. The lowest BCUT2D eigenvalue weighted by Gasteiger charge is -2.33. The molecule has 12 aromatic rings. The molecule has 0 unspecified atom stereocenters. The van der Waals surface area contributed by atoms with Gasteiger partial charge < -0.3 is 23.5 Å². The van der Waals surface area contributed by atoms with Gasteiger partial charge in [0.15, 0.2) is 0 Å². The van der Waals surface area contributed by atoms with Crippen LogP contribution in [0, 0.1) is 0 Å². The summed E-state index contributed by atoms with van der Waals surface area (Å²) in [6.07, 6.45) is 0. The van der Waals surface area contributed by atoms with Gasteiger partial charge in [0.2, 0.25) is 0 Å². The van der Waals surface area contributed by atoms with E-state index < -0.39 is 0 Å². The average Bonchev–Trinajstić information content (AvgIpc) is 3.79. The molecule has 7 heteroatoms. The van der Waals surface area contributed by atoms with Gasteiger partial charge >= 0.3 is 0 Å². The standard InChI is InChI=1S/C66H39B2NO4/c1-4-18-40(19-5-1)42-32-47(44-36-59-63-60(37-44)71-56-29-15-11-25-52(56)67(63)51-24-10-14-28-55(51)70-59)65-49(34-42)50-35-43(41-20-6-2-7-21-41)33-48(66(50)69(65)46-22-8-3-9-23-46)45-38-61-64-62(39-45)73-58-31-17-13-27-54(58)68(64)53-26-12-16-30-57(53)72-61/h1-39H. The molecule has 11 aromatic carbocycles. The first-order chi connectivity index (χ1) is 36.2. The summed E-state index contributed by atoms with van der Waals surface area (Å²) in [7, 11) is 0. The van der Waals surface area contributed by atoms with E-state index in [0.29, 0.717) is 0 Å². The fraction of sp³-hybridized carbons (Fsp3) is 0. The highest BCUT2D eigenvalue weighted by atomic mass is 16.5. The monoisotopic (exact) mass is 931 g/mol. The minimum Gasteiger partial charge on any atom is -0.458 e. The van der Waals surface area contributed by atoms with Gasteiger partial charge in [0.05, 0.1) is 11.0 Å². The molecule has 5 nitrogen and oxygen atoms in total. The first kappa shape index (κ1) is 40.3. The van der Waals surface area contributed by atoms with Gasteiger partial charge in [-0.25, -0.2) is 0 Å². The zero-order valence-electron chi connectivity index (χ0n) is 39.3. The smallest absolute Gasteiger partial charge is 0.260 e. The number of aromatic nitrogens is 1. The van der Waals surface area contributed by atoms with Gasteiger partial charge in [-0.15, -0.1) is 0 Å². The lowest BCUT2D eigenvalue weighted by molar-refractivity contribution is 0.464. The predicted octanol–water partition coefficient (Wildman–Crippen LogP) is 12.9. The van der Waals surface area contributed by atoms with Crippen molar-refractivity contribution in [1.82, 2.24) is 4.57 Å². The highest BCUT2D eigenvalue weighted by molar-refractivity contribution is 6.99. The minimum atomic E-state index is -0.0357. The van der Waals surface area contributed by atoms with Crippen molar-refractivity contribution in [3.05, 3.63) is 237 Å². The van der Waals surface area contributed by atoms with Gasteiger partial charge in [-0.05, 0) is 140 Å². The normalized spacial score (nSPS) is 13.0. The Morgan fingerprint density at radius 3 is 0.932 bits per heavy atom. The molecule has 0 aliphatic carbocycles. The van der Waals surface area contributed by atoms with Crippen molar-refractivity contribution in [3.63, 3.8) is 0 Å². The Balaban J connectivity index is 1.02. The molecule has 16 rings (SSSR count). The van der Waals surface area contributed by atoms with E-state index in [1.807, 2.05) is 0 Å². The summed E-state index contributed by atoms with van der Waals surface area (Å²) in [5.74, 6) is 6.60. The molecular weight excluding hydrogens is 892 g/mol. The molecule has 0 fully saturated rings. The second kappa shape index (κ2) is 15.5.